The summed E-state index contributed by atoms with van der Waals surface area (Å²) in [6.07, 6.45) is 2.75. The first kappa shape index (κ1) is 10.3. The summed E-state index contributed by atoms with van der Waals surface area (Å²) in [5, 5.41) is 0. The maximum atomic E-state index is 4.97. The minimum Gasteiger partial charge on any atom is -0.497 e. The molecule has 36 valence electrons. The third kappa shape index (κ3) is 6.33. The van der Waals surface area contributed by atoms with Gasteiger partial charge in [-0.1, -0.05) is 0 Å². The Morgan fingerprint density at radius 1 is 1.29 bits per heavy atom. The van der Waals surface area contributed by atoms with E-state index in [0.717, 1.165) is 0 Å². The van der Waals surface area contributed by atoms with Gasteiger partial charge in [-0.3, -0.25) is 0 Å². The first-order valence-electron chi connectivity index (χ1n) is 1.63. The molecule has 0 saturated heterocycles. The van der Waals surface area contributed by atoms with Gasteiger partial charge in [0.15, 0.2) is 0 Å². The Morgan fingerprint density at radius 2 is 1.57 bits per heavy atom. The van der Waals surface area contributed by atoms with Gasteiger partial charge in [-0.25, -0.2) is 0 Å². The third-order valence-electron chi connectivity index (χ3n) is 0.470. The second-order valence-corrected chi connectivity index (χ2v) is 0.964. The molecular weight excluding hydrogens is 312 g/mol. The third-order valence-corrected chi connectivity index (χ3v) is 0.470. The fourth-order valence-corrected chi connectivity index (χ4v) is 0.0497. The molecule has 0 saturated carbocycles. The van der Waals surface area contributed by atoms with Crippen molar-refractivity contribution < 1.29 is 31.1 Å². The van der Waals surface area contributed by atoms with Crippen LogP contribution in [-0.4, -0.2) is 11.9 Å². The van der Waals surface area contributed by atoms with Crippen LogP contribution < -0.4 is 0 Å². The van der Waals surface area contributed by atoms with Crippen molar-refractivity contribution in [1.82, 2.24) is 4.90 Å². The Labute approximate surface area is 68.5 Å². The van der Waals surface area contributed by atoms with Crippen LogP contribution in [0.25, 0.3) is 0 Å². The number of hydrogen-bond donors (Lipinski definition) is 0. The standard InChI is InChI=1S/C5H7N.U/c1-4-6(3)5-2;/h1-2,4-5H,3H3;/q-2;+2. The molecule has 0 heterocycles. The molecule has 0 spiro atoms. The Hall–Kier alpha value is 0.332. The molecular formula is C5H7NU. The molecule has 0 fully saturated rings. The molecule has 0 aromatic rings. The van der Waals surface area contributed by atoms with Crippen molar-refractivity contribution in [1.29, 1.82) is 0 Å². The van der Waals surface area contributed by atoms with Crippen LogP contribution in [0, 0.1) is 44.3 Å². The second-order valence-electron chi connectivity index (χ2n) is 0.964. The SMILES string of the molecule is [CH-]=CN(C)C=[CH-].[U+2]. The van der Waals surface area contributed by atoms with E-state index >= 15 is 0 Å². The molecule has 0 aliphatic rings. The second kappa shape index (κ2) is 6.33. The molecule has 0 unspecified atom stereocenters. The van der Waals surface area contributed by atoms with E-state index in [4.69, 9.17) is 13.2 Å². The molecule has 0 bridgehead atoms. The van der Waals surface area contributed by atoms with Crippen LogP contribution in [-0.2, 0) is 0 Å². The zero-order valence-corrected chi connectivity index (χ0v) is 8.42. The molecule has 0 atom stereocenters. The van der Waals surface area contributed by atoms with Crippen LogP contribution in [0.1, 0.15) is 0 Å². The van der Waals surface area contributed by atoms with E-state index in [9.17, 15) is 0 Å². The molecule has 0 rings (SSSR count). The smallest absolute Gasteiger partial charge is 0.497 e. The summed E-state index contributed by atoms with van der Waals surface area (Å²) in [6.45, 7) is 9.94. The zero-order chi connectivity index (χ0) is 4.99. The van der Waals surface area contributed by atoms with E-state index in [0.29, 0.717) is 0 Å². The van der Waals surface area contributed by atoms with E-state index in [1.165, 1.54) is 12.4 Å². The summed E-state index contributed by atoms with van der Waals surface area (Å²) in [6, 6.07) is 0. The number of rotatable bonds is 2. The van der Waals surface area contributed by atoms with Crippen LogP contribution in [0.4, 0.5) is 0 Å². The van der Waals surface area contributed by atoms with Gasteiger partial charge in [-0.05, 0) is 0 Å². The molecule has 0 aromatic heterocycles. The number of hydrogen-bond acceptors (Lipinski definition) is 1. The van der Waals surface area contributed by atoms with Crippen molar-refractivity contribution in [3.63, 3.8) is 0 Å². The molecule has 0 aliphatic carbocycles. The molecule has 0 aliphatic heterocycles. The molecule has 0 aromatic carbocycles. The van der Waals surface area contributed by atoms with Gasteiger partial charge in [0.05, 0.1) is 0 Å². The van der Waals surface area contributed by atoms with Gasteiger partial charge >= 0.3 is 31.1 Å². The van der Waals surface area contributed by atoms with E-state index < -0.39 is 0 Å². The quantitative estimate of drug-likeness (QED) is 0.681. The largest absolute Gasteiger partial charge is 2.00 e. The molecule has 1 nitrogen and oxygen atoms in total. The molecule has 0 radical (unpaired) electrons. The Kier molecular flexibility index (Phi) is 9.35. The van der Waals surface area contributed by atoms with Crippen molar-refractivity contribution in [2.24, 2.45) is 0 Å². The van der Waals surface area contributed by atoms with E-state index in [1.807, 2.05) is 0 Å². The summed E-state index contributed by atoms with van der Waals surface area (Å²) < 4.78 is 0. The van der Waals surface area contributed by atoms with Gasteiger partial charge in [0.1, 0.15) is 0 Å². The van der Waals surface area contributed by atoms with Gasteiger partial charge in [-0.2, -0.15) is 12.4 Å². The summed E-state index contributed by atoms with van der Waals surface area (Å²) in [5.74, 6) is 0. The van der Waals surface area contributed by atoms with E-state index in [2.05, 4.69) is 0 Å². The summed E-state index contributed by atoms with van der Waals surface area (Å²) >= 11 is 0. The van der Waals surface area contributed by atoms with Gasteiger partial charge in [0.2, 0.25) is 0 Å². The van der Waals surface area contributed by atoms with Crippen molar-refractivity contribution in [3.05, 3.63) is 25.6 Å². The van der Waals surface area contributed by atoms with Gasteiger partial charge in [0, 0.05) is 7.05 Å². The van der Waals surface area contributed by atoms with Crippen LogP contribution in [0.2, 0.25) is 0 Å². The Morgan fingerprint density at radius 3 is 1.57 bits per heavy atom. The average molecular weight is 319 g/mol. The van der Waals surface area contributed by atoms with E-state index in [-0.39, 0.29) is 31.1 Å². The van der Waals surface area contributed by atoms with Gasteiger partial charge < -0.3 is 18.1 Å². The van der Waals surface area contributed by atoms with E-state index in [1.54, 1.807) is 11.9 Å². The number of nitrogens with zero attached hydrogens (tertiary/aromatic N) is 1. The summed E-state index contributed by atoms with van der Waals surface area (Å²) in [7, 11) is 1.75. The fourth-order valence-electron chi connectivity index (χ4n) is 0.0497. The molecule has 0 amide bonds. The maximum Gasteiger partial charge on any atom is 2.00 e. The van der Waals surface area contributed by atoms with Crippen LogP contribution in [0.5, 0.6) is 0 Å². The minimum absolute atomic E-state index is 0. The van der Waals surface area contributed by atoms with Gasteiger partial charge in [-0.15, -0.1) is 0 Å². The first-order chi connectivity index (χ1) is 2.81. The van der Waals surface area contributed by atoms with Crippen LogP contribution >= 0.6 is 0 Å². The van der Waals surface area contributed by atoms with Crippen molar-refractivity contribution in [3.8, 4) is 0 Å². The first-order valence-corrected chi connectivity index (χ1v) is 1.63. The predicted octanol–water partition coefficient (Wildman–Crippen LogP) is 0.812. The maximum absolute atomic E-state index is 4.97. The molecule has 0 N–H and O–H groups in total. The van der Waals surface area contributed by atoms with Gasteiger partial charge in [0.25, 0.3) is 0 Å². The fraction of sp³-hybridized carbons (Fsp3) is 0.200. The van der Waals surface area contributed by atoms with Crippen LogP contribution in [0.3, 0.4) is 0 Å². The van der Waals surface area contributed by atoms with Crippen molar-refractivity contribution in [2.45, 2.75) is 0 Å². The Balaban J connectivity index is 0. The Bertz CT molecular complexity index is 53.1. The van der Waals surface area contributed by atoms with Crippen molar-refractivity contribution >= 4 is 0 Å². The normalized spacial score (nSPS) is 5.86. The zero-order valence-electron chi connectivity index (χ0n) is 4.26. The minimum atomic E-state index is 0. The van der Waals surface area contributed by atoms with Crippen molar-refractivity contribution in [2.75, 3.05) is 7.05 Å². The predicted molar refractivity (Wildman–Crippen MR) is 25.5 cm³/mol. The van der Waals surface area contributed by atoms with Crippen LogP contribution in [0.15, 0.2) is 12.4 Å². The average Bonchev–Trinajstić information content (AvgIpc) is 1.65. The topological polar surface area (TPSA) is 3.24 Å². The summed E-state index contributed by atoms with van der Waals surface area (Å²) in [5.41, 5.74) is 0. The monoisotopic (exact) mass is 319 g/mol. The summed E-state index contributed by atoms with van der Waals surface area (Å²) in [4.78, 5) is 1.56. The molecule has 2 heteroatoms. The molecule has 7 heavy (non-hydrogen) atoms.